The molecular weight excluding hydrogens is 364 g/mol. The van der Waals surface area contributed by atoms with E-state index in [-0.39, 0.29) is 30.7 Å². The Morgan fingerprint density at radius 1 is 1.22 bits per heavy atom. The van der Waals surface area contributed by atoms with Crippen molar-refractivity contribution >= 4 is 29.3 Å². The van der Waals surface area contributed by atoms with Crippen LogP contribution in [-0.2, 0) is 22.7 Å². The first kappa shape index (κ1) is 21.0. The number of hydrogen-bond acceptors (Lipinski definition) is 5. The summed E-state index contributed by atoms with van der Waals surface area (Å²) in [7, 11) is 0. The largest absolute Gasteiger partial charge is 0.390 e. The van der Waals surface area contributed by atoms with Crippen LogP contribution in [0.3, 0.4) is 0 Å². The number of thioether (sulfide) groups is 1. The van der Waals surface area contributed by atoms with Gasteiger partial charge in [-0.2, -0.15) is 0 Å². The lowest BCUT2D eigenvalue weighted by atomic mass is 10.1. The molecule has 0 radical (unpaired) electrons. The van der Waals surface area contributed by atoms with Crippen molar-refractivity contribution in [3.8, 4) is 0 Å². The molecular formula is C19H26N4O3S. The van der Waals surface area contributed by atoms with E-state index in [1.807, 2.05) is 30.3 Å². The summed E-state index contributed by atoms with van der Waals surface area (Å²) in [6.07, 6.45) is 2.43. The molecule has 2 amide bonds. The first-order chi connectivity index (χ1) is 13.0. The van der Waals surface area contributed by atoms with Crippen molar-refractivity contribution in [3.63, 3.8) is 0 Å². The molecule has 27 heavy (non-hydrogen) atoms. The zero-order chi connectivity index (χ0) is 19.6. The molecule has 0 aliphatic rings. The molecule has 0 aliphatic heterocycles. The Bertz CT molecular complexity index is 747. The number of aromatic nitrogens is 2. The number of carbonyl (C=O) groups excluding carboxylic acids is 2. The fourth-order valence-electron chi connectivity index (χ4n) is 2.35. The SMILES string of the molecule is CC(C)CCNC(=O)Cn1c(CO)cnc1SCC(=O)Nc1ccccc1. The van der Waals surface area contributed by atoms with Gasteiger partial charge in [0.1, 0.15) is 6.54 Å². The van der Waals surface area contributed by atoms with Crippen molar-refractivity contribution in [2.45, 2.75) is 38.6 Å². The lowest BCUT2D eigenvalue weighted by Gasteiger charge is -2.12. The van der Waals surface area contributed by atoms with Gasteiger partial charge in [0.25, 0.3) is 0 Å². The Balaban J connectivity index is 1.92. The van der Waals surface area contributed by atoms with Crippen LogP contribution in [0.4, 0.5) is 5.69 Å². The van der Waals surface area contributed by atoms with Crippen molar-refractivity contribution in [2.75, 3.05) is 17.6 Å². The molecule has 0 atom stereocenters. The van der Waals surface area contributed by atoms with Gasteiger partial charge in [0, 0.05) is 12.2 Å². The highest BCUT2D eigenvalue weighted by Crippen LogP contribution is 2.19. The van der Waals surface area contributed by atoms with Gasteiger partial charge in [-0.3, -0.25) is 9.59 Å². The molecule has 0 unspecified atom stereocenters. The summed E-state index contributed by atoms with van der Waals surface area (Å²) in [6, 6.07) is 9.20. The van der Waals surface area contributed by atoms with Gasteiger partial charge in [-0.1, -0.05) is 43.8 Å². The Morgan fingerprint density at radius 2 is 1.96 bits per heavy atom. The van der Waals surface area contributed by atoms with Crippen LogP contribution in [0.15, 0.2) is 41.7 Å². The van der Waals surface area contributed by atoms with E-state index in [2.05, 4.69) is 29.5 Å². The van der Waals surface area contributed by atoms with Gasteiger partial charge >= 0.3 is 0 Å². The van der Waals surface area contributed by atoms with Crippen molar-refractivity contribution in [2.24, 2.45) is 5.92 Å². The molecule has 0 spiro atoms. The molecule has 0 saturated carbocycles. The van der Waals surface area contributed by atoms with Crippen molar-refractivity contribution < 1.29 is 14.7 Å². The van der Waals surface area contributed by atoms with E-state index >= 15 is 0 Å². The van der Waals surface area contributed by atoms with Crippen LogP contribution >= 0.6 is 11.8 Å². The Morgan fingerprint density at radius 3 is 2.63 bits per heavy atom. The number of benzene rings is 1. The molecule has 0 saturated heterocycles. The molecule has 8 heteroatoms. The monoisotopic (exact) mass is 390 g/mol. The van der Waals surface area contributed by atoms with Crippen LogP contribution in [0.5, 0.6) is 0 Å². The zero-order valence-electron chi connectivity index (χ0n) is 15.6. The highest BCUT2D eigenvalue weighted by atomic mass is 32.2. The van der Waals surface area contributed by atoms with E-state index in [9.17, 15) is 14.7 Å². The average molecular weight is 391 g/mol. The van der Waals surface area contributed by atoms with E-state index in [1.165, 1.54) is 18.0 Å². The van der Waals surface area contributed by atoms with E-state index in [1.54, 1.807) is 4.57 Å². The third kappa shape index (κ3) is 7.07. The molecule has 0 bridgehead atoms. The third-order valence-corrected chi connectivity index (χ3v) is 4.79. The molecule has 146 valence electrons. The fraction of sp³-hybridized carbons (Fsp3) is 0.421. The third-order valence-electron chi connectivity index (χ3n) is 3.80. The molecule has 3 N–H and O–H groups in total. The number of carbonyl (C=O) groups is 2. The maximum atomic E-state index is 12.2. The molecule has 2 aromatic rings. The van der Waals surface area contributed by atoms with Crippen molar-refractivity contribution in [1.82, 2.24) is 14.9 Å². The number of amides is 2. The number of rotatable bonds is 10. The van der Waals surface area contributed by atoms with E-state index in [0.717, 1.165) is 12.1 Å². The molecule has 0 aliphatic carbocycles. The number of para-hydroxylation sites is 1. The number of aliphatic hydroxyl groups excluding tert-OH is 1. The van der Waals surface area contributed by atoms with Crippen LogP contribution in [0.1, 0.15) is 26.0 Å². The molecule has 7 nitrogen and oxygen atoms in total. The maximum Gasteiger partial charge on any atom is 0.240 e. The van der Waals surface area contributed by atoms with Gasteiger partial charge in [-0.25, -0.2) is 4.98 Å². The number of anilines is 1. The number of hydrogen-bond donors (Lipinski definition) is 3. The summed E-state index contributed by atoms with van der Waals surface area (Å²) in [4.78, 5) is 28.5. The summed E-state index contributed by atoms with van der Waals surface area (Å²) in [6.45, 7) is 4.66. The van der Waals surface area contributed by atoms with Gasteiger partial charge in [0.2, 0.25) is 11.8 Å². The van der Waals surface area contributed by atoms with Crippen LogP contribution in [-0.4, -0.2) is 38.8 Å². The quantitative estimate of drug-likeness (QED) is 0.541. The van der Waals surface area contributed by atoms with Crippen LogP contribution in [0, 0.1) is 5.92 Å². The second kappa shape index (κ2) is 10.7. The Kier molecular flexibility index (Phi) is 8.35. The summed E-state index contributed by atoms with van der Waals surface area (Å²) in [5.74, 6) is 0.374. The van der Waals surface area contributed by atoms with E-state index in [0.29, 0.717) is 23.3 Å². The minimum absolute atomic E-state index is 0.0661. The van der Waals surface area contributed by atoms with Gasteiger partial charge in [0.15, 0.2) is 5.16 Å². The first-order valence-corrected chi connectivity index (χ1v) is 9.87. The highest BCUT2D eigenvalue weighted by molar-refractivity contribution is 7.99. The summed E-state index contributed by atoms with van der Waals surface area (Å²) in [5.41, 5.74) is 1.27. The molecule has 1 aromatic carbocycles. The van der Waals surface area contributed by atoms with Crippen molar-refractivity contribution in [1.29, 1.82) is 0 Å². The van der Waals surface area contributed by atoms with Crippen molar-refractivity contribution in [3.05, 3.63) is 42.2 Å². The normalized spacial score (nSPS) is 10.8. The second-order valence-electron chi connectivity index (χ2n) is 6.51. The predicted octanol–water partition coefficient (Wildman–Crippen LogP) is 2.27. The second-order valence-corrected chi connectivity index (χ2v) is 7.45. The lowest BCUT2D eigenvalue weighted by molar-refractivity contribution is -0.121. The van der Waals surface area contributed by atoms with Gasteiger partial charge in [0.05, 0.1) is 24.3 Å². The van der Waals surface area contributed by atoms with Crippen LogP contribution < -0.4 is 10.6 Å². The number of imidazole rings is 1. The molecule has 0 fully saturated rings. The van der Waals surface area contributed by atoms with Crippen LogP contribution in [0.2, 0.25) is 0 Å². The highest BCUT2D eigenvalue weighted by Gasteiger charge is 2.15. The summed E-state index contributed by atoms with van der Waals surface area (Å²) < 4.78 is 1.64. The summed E-state index contributed by atoms with van der Waals surface area (Å²) >= 11 is 1.23. The van der Waals surface area contributed by atoms with E-state index < -0.39 is 0 Å². The molecule has 1 aromatic heterocycles. The Labute approximate surface area is 163 Å². The van der Waals surface area contributed by atoms with Gasteiger partial charge in [-0.05, 0) is 24.5 Å². The minimum Gasteiger partial charge on any atom is -0.390 e. The molecule has 1 heterocycles. The lowest BCUT2D eigenvalue weighted by Crippen LogP contribution is -2.30. The van der Waals surface area contributed by atoms with E-state index in [4.69, 9.17) is 0 Å². The topological polar surface area (TPSA) is 96.2 Å². The van der Waals surface area contributed by atoms with Gasteiger partial charge in [-0.15, -0.1) is 0 Å². The summed E-state index contributed by atoms with van der Waals surface area (Å²) in [5, 5.41) is 15.7. The van der Waals surface area contributed by atoms with Crippen LogP contribution in [0.25, 0.3) is 0 Å². The molecule has 2 rings (SSSR count). The number of aliphatic hydroxyl groups is 1. The first-order valence-electron chi connectivity index (χ1n) is 8.89. The number of nitrogens with one attached hydrogen (secondary N) is 2. The zero-order valence-corrected chi connectivity index (χ0v) is 16.5. The maximum absolute atomic E-state index is 12.2. The minimum atomic E-state index is -0.219. The predicted molar refractivity (Wildman–Crippen MR) is 106 cm³/mol. The Hall–Kier alpha value is -2.32. The smallest absolute Gasteiger partial charge is 0.240 e. The standard InChI is InChI=1S/C19H26N4O3S/c1-14(2)8-9-20-17(25)11-23-16(12-24)10-21-19(23)27-13-18(26)22-15-6-4-3-5-7-15/h3-7,10,14,24H,8-9,11-13H2,1-2H3,(H,20,25)(H,22,26). The fourth-order valence-corrected chi connectivity index (χ4v) is 3.15. The van der Waals surface area contributed by atoms with Gasteiger partial charge < -0.3 is 20.3 Å². The number of nitrogens with zero attached hydrogens (tertiary/aromatic N) is 2. The average Bonchev–Trinajstić information content (AvgIpc) is 3.02.